The lowest BCUT2D eigenvalue weighted by Crippen LogP contribution is -2.42. The summed E-state index contributed by atoms with van der Waals surface area (Å²) in [5, 5.41) is 11.8. The van der Waals surface area contributed by atoms with Crippen molar-refractivity contribution in [3.63, 3.8) is 0 Å². The number of hydrogen-bond acceptors (Lipinski definition) is 4. The van der Waals surface area contributed by atoms with Gasteiger partial charge in [0.15, 0.2) is 0 Å². The molecule has 188 valence electrons. The number of nitrogens with one attached hydrogen (secondary N) is 1. The van der Waals surface area contributed by atoms with Crippen molar-refractivity contribution in [3.05, 3.63) is 95.1 Å². The summed E-state index contributed by atoms with van der Waals surface area (Å²) in [4.78, 5) is 41.8. The van der Waals surface area contributed by atoms with E-state index in [0.717, 1.165) is 46.5 Å². The lowest BCUT2D eigenvalue weighted by Gasteiger charge is -2.19. The van der Waals surface area contributed by atoms with Crippen LogP contribution in [-0.4, -0.2) is 39.6 Å². The number of carboxylic acid groups (broad SMARTS) is 1. The molecule has 3 aromatic carbocycles. The van der Waals surface area contributed by atoms with Crippen molar-refractivity contribution in [1.82, 2.24) is 5.32 Å². The molecule has 11 heteroatoms. The molecular formula is C25H22F2NO7P. The van der Waals surface area contributed by atoms with Crippen LogP contribution in [0.5, 0.6) is 0 Å². The number of alkyl halides is 2. The first-order valence-electron chi connectivity index (χ1n) is 10.9. The van der Waals surface area contributed by atoms with Gasteiger partial charge >= 0.3 is 25.3 Å². The van der Waals surface area contributed by atoms with Gasteiger partial charge in [-0.05, 0) is 27.8 Å². The van der Waals surface area contributed by atoms with Crippen molar-refractivity contribution in [2.75, 3.05) is 6.61 Å². The smallest absolute Gasteiger partial charge is 0.407 e. The van der Waals surface area contributed by atoms with Gasteiger partial charge in [-0.2, -0.15) is 8.78 Å². The number of alkyl carbamates (subject to hydrolysis) is 1. The largest absolute Gasteiger partial charge is 0.480 e. The second-order valence-electron chi connectivity index (χ2n) is 8.35. The number of hydrogen-bond donors (Lipinski definition) is 4. The van der Waals surface area contributed by atoms with Crippen molar-refractivity contribution in [1.29, 1.82) is 0 Å². The fourth-order valence-electron chi connectivity index (χ4n) is 4.23. The molecule has 1 atom stereocenters. The van der Waals surface area contributed by atoms with Gasteiger partial charge in [0.2, 0.25) is 0 Å². The first-order valence-corrected chi connectivity index (χ1v) is 12.5. The lowest BCUT2D eigenvalue weighted by atomic mass is 9.98. The molecule has 4 N–H and O–H groups in total. The van der Waals surface area contributed by atoms with E-state index in [4.69, 9.17) is 14.5 Å². The predicted molar refractivity (Wildman–Crippen MR) is 126 cm³/mol. The molecule has 0 fully saturated rings. The Bertz CT molecular complexity index is 1290. The highest BCUT2D eigenvalue weighted by molar-refractivity contribution is 7.52. The van der Waals surface area contributed by atoms with E-state index in [9.17, 15) is 28.0 Å². The minimum atomic E-state index is -5.73. The SMILES string of the molecule is O=C(N[C@H](Cc1ccc(C(F)(F)P(=O)(O)O)cc1)C(=O)O)OCC1c2ccccc2-c2ccccc21. The average molecular weight is 517 g/mol. The van der Waals surface area contributed by atoms with Crippen LogP contribution in [0.3, 0.4) is 0 Å². The van der Waals surface area contributed by atoms with E-state index in [2.05, 4.69) is 5.32 Å². The Morgan fingerprint density at radius 1 is 0.944 bits per heavy atom. The third kappa shape index (κ3) is 5.02. The number of amides is 1. The van der Waals surface area contributed by atoms with Gasteiger partial charge in [0, 0.05) is 17.9 Å². The minimum absolute atomic E-state index is 0.0155. The molecule has 4 rings (SSSR count). The second kappa shape index (κ2) is 9.81. The Labute approximate surface area is 204 Å². The molecule has 0 aromatic heterocycles. The van der Waals surface area contributed by atoms with Crippen LogP contribution in [0.2, 0.25) is 0 Å². The molecule has 0 aliphatic heterocycles. The summed E-state index contributed by atoms with van der Waals surface area (Å²) in [5.41, 5.74) is -0.960. The molecule has 1 aliphatic rings. The van der Waals surface area contributed by atoms with Gasteiger partial charge in [0.05, 0.1) is 0 Å². The van der Waals surface area contributed by atoms with E-state index in [1.807, 2.05) is 48.5 Å². The van der Waals surface area contributed by atoms with Crippen LogP contribution in [0.1, 0.15) is 28.2 Å². The van der Waals surface area contributed by atoms with E-state index in [1.165, 1.54) is 0 Å². The Balaban J connectivity index is 1.41. The van der Waals surface area contributed by atoms with E-state index in [0.29, 0.717) is 0 Å². The number of fused-ring (bicyclic) bond motifs is 3. The zero-order valence-electron chi connectivity index (χ0n) is 18.7. The van der Waals surface area contributed by atoms with Gasteiger partial charge in [-0.25, -0.2) is 9.59 Å². The maximum Gasteiger partial charge on any atom is 0.407 e. The van der Waals surface area contributed by atoms with Crippen molar-refractivity contribution < 1.29 is 42.6 Å². The lowest BCUT2D eigenvalue weighted by molar-refractivity contribution is -0.139. The first kappa shape index (κ1) is 25.5. The first-order chi connectivity index (χ1) is 17.0. The van der Waals surface area contributed by atoms with Gasteiger partial charge in [-0.3, -0.25) is 4.57 Å². The van der Waals surface area contributed by atoms with Gasteiger partial charge in [0.1, 0.15) is 12.6 Å². The summed E-state index contributed by atoms with van der Waals surface area (Å²) in [5.74, 6) is -1.58. The number of rotatable bonds is 8. The zero-order valence-corrected chi connectivity index (χ0v) is 19.6. The van der Waals surface area contributed by atoms with Crippen molar-refractivity contribution in [3.8, 4) is 11.1 Å². The van der Waals surface area contributed by atoms with Crippen LogP contribution in [-0.2, 0) is 26.2 Å². The standard InChI is InChI=1S/C25H22F2NO7P/c26-25(27,36(32,33)34)16-11-9-15(10-12-16)13-22(23(29)30)28-24(31)35-14-21-19-7-3-1-5-17(19)18-6-2-4-8-20(18)21/h1-12,21-22H,13-14H2,(H,28,31)(H,29,30)(H2,32,33,34)/t22-/m1/s1. The molecule has 0 radical (unpaired) electrons. The summed E-state index contributed by atoms with van der Waals surface area (Å²) >= 11 is 0. The van der Waals surface area contributed by atoms with Crippen LogP contribution >= 0.6 is 7.60 Å². The monoisotopic (exact) mass is 517 g/mol. The highest BCUT2D eigenvalue weighted by atomic mass is 31.2. The van der Waals surface area contributed by atoms with Crippen LogP contribution in [0.25, 0.3) is 11.1 Å². The Kier molecular flexibility index (Phi) is 6.95. The van der Waals surface area contributed by atoms with E-state index < -0.39 is 36.9 Å². The summed E-state index contributed by atoms with van der Waals surface area (Å²) < 4.78 is 44.0. The highest BCUT2D eigenvalue weighted by Crippen LogP contribution is 2.59. The summed E-state index contributed by atoms with van der Waals surface area (Å²) in [6.07, 6.45) is -1.21. The number of aliphatic carboxylic acids is 1. The number of benzene rings is 3. The number of halogens is 2. The number of carbonyl (C=O) groups is 2. The highest BCUT2D eigenvalue weighted by Gasteiger charge is 2.50. The van der Waals surface area contributed by atoms with Gasteiger partial charge in [0.25, 0.3) is 0 Å². The summed E-state index contributed by atoms with van der Waals surface area (Å²) in [6.45, 7) is -0.0155. The third-order valence-electron chi connectivity index (χ3n) is 6.04. The maximum atomic E-state index is 13.8. The van der Waals surface area contributed by atoms with E-state index >= 15 is 0 Å². The summed E-state index contributed by atoms with van der Waals surface area (Å²) in [7, 11) is -5.73. The number of carboxylic acids is 1. The maximum absolute atomic E-state index is 13.8. The second-order valence-corrected chi connectivity index (χ2v) is 10.00. The predicted octanol–water partition coefficient (Wildman–Crippen LogP) is 4.45. The number of ether oxygens (including phenoxy) is 1. The fourth-order valence-corrected chi connectivity index (χ4v) is 4.71. The molecule has 0 heterocycles. The molecule has 0 saturated heterocycles. The molecule has 3 aromatic rings. The molecule has 36 heavy (non-hydrogen) atoms. The van der Waals surface area contributed by atoms with Crippen molar-refractivity contribution in [2.45, 2.75) is 24.0 Å². The van der Waals surface area contributed by atoms with Crippen molar-refractivity contribution in [2.24, 2.45) is 0 Å². The third-order valence-corrected chi connectivity index (χ3v) is 7.03. The van der Waals surface area contributed by atoms with E-state index in [1.54, 1.807) is 0 Å². The van der Waals surface area contributed by atoms with Crippen LogP contribution < -0.4 is 5.32 Å². The summed E-state index contributed by atoms with van der Waals surface area (Å²) in [6, 6.07) is 17.9. The zero-order chi connectivity index (χ0) is 26.1. The van der Waals surface area contributed by atoms with Crippen molar-refractivity contribution >= 4 is 19.7 Å². The molecule has 1 amide bonds. The Morgan fingerprint density at radius 2 is 1.47 bits per heavy atom. The minimum Gasteiger partial charge on any atom is -0.480 e. The quantitative estimate of drug-likeness (QED) is 0.325. The van der Waals surface area contributed by atoms with Gasteiger partial charge < -0.3 is 24.9 Å². The fraction of sp³-hybridized carbons (Fsp3) is 0.200. The Hall–Kier alpha value is -3.59. The average Bonchev–Trinajstić information content (AvgIpc) is 3.15. The number of carbonyl (C=O) groups excluding carboxylic acids is 1. The molecule has 1 aliphatic carbocycles. The topological polar surface area (TPSA) is 133 Å². The molecule has 0 bridgehead atoms. The van der Waals surface area contributed by atoms with E-state index in [-0.39, 0.29) is 24.5 Å². The van der Waals surface area contributed by atoms with Crippen LogP contribution in [0.4, 0.5) is 13.6 Å². The molecule has 0 unspecified atom stereocenters. The molecule has 0 saturated carbocycles. The molecule has 0 spiro atoms. The van der Waals surface area contributed by atoms with Crippen LogP contribution in [0.15, 0.2) is 72.8 Å². The van der Waals surface area contributed by atoms with Gasteiger partial charge in [-0.1, -0.05) is 72.8 Å². The van der Waals surface area contributed by atoms with Gasteiger partial charge in [-0.15, -0.1) is 0 Å². The van der Waals surface area contributed by atoms with Crippen LogP contribution in [0, 0.1) is 0 Å². The Morgan fingerprint density at radius 3 is 1.97 bits per heavy atom. The molecule has 8 nitrogen and oxygen atoms in total. The normalized spacial score (nSPS) is 14.0. The molecular weight excluding hydrogens is 495 g/mol.